The zero-order chi connectivity index (χ0) is 15.6. The summed E-state index contributed by atoms with van der Waals surface area (Å²) < 4.78 is 0. The number of carboxylic acids is 1. The predicted octanol–water partition coefficient (Wildman–Crippen LogP) is 4.67. The fourth-order valence-electron chi connectivity index (χ4n) is 3.33. The van der Waals surface area contributed by atoms with E-state index in [0.717, 1.165) is 22.9 Å². The maximum absolute atomic E-state index is 10.9. The molecule has 116 valence electrons. The van der Waals surface area contributed by atoms with Crippen LogP contribution in [0.2, 0.25) is 5.02 Å². The molecule has 22 heavy (non-hydrogen) atoms. The van der Waals surface area contributed by atoms with Crippen LogP contribution in [0.1, 0.15) is 48.4 Å². The summed E-state index contributed by atoms with van der Waals surface area (Å²) in [6.45, 7) is 0. The molecule has 1 aliphatic rings. The third-order valence-corrected chi connectivity index (χ3v) is 5.71. The van der Waals surface area contributed by atoms with Crippen molar-refractivity contribution in [1.29, 1.82) is 0 Å². The fourth-order valence-corrected chi connectivity index (χ4v) is 4.62. The number of rotatable bonds is 4. The lowest BCUT2D eigenvalue weighted by Gasteiger charge is -2.36. The Morgan fingerprint density at radius 3 is 2.77 bits per heavy atom. The minimum atomic E-state index is -0.836. The summed E-state index contributed by atoms with van der Waals surface area (Å²) in [6, 6.07) is 8.03. The van der Waals surface area contributed by atoms with Crippen molar-refractivity contribution in [3.05, 3.63) is 50.9 Å². The average molecular weight is 336 g/mol. The Morgan fingerprint density at radius 1 is 1.32 bits per heavy atom. The Kier molecular flexibility index (Phi) is 4.50. The highest BCUT2D eigenvalue weighted by molar-refractivity contribution is 7.09. The number of thiazole rings is 1. The van der Waals surface area contributed by atoms with Gasteiger partial charge < -0.3 is 5.11 Å². The topological polar surface area (TPSA) is 50.2 Å². The second-order valence-corrected chi connectivity index (χ2v) is 7.16. The third-order valence-electron chi connectivity index (χ3n) is 4.38. The van der Waals surface area contributed by atoms with Crippen LogP contribution in [0.5, 0.6) is 0 Å². The van der Waals surface area contributed by atoms with Crippen molar-refractivity contribution in [2.75, 3.05) is 0 Å². The lowest BCUT2D eigenvalue weighted by Crippen LogP contribution is -2.30. The molecule has 1 saturated carbocycles. The molecule has 0 saturated heterocycles. The molecule has 3 nitrogen and oxygen atoms in total. The van der Waals surface area contributed by atoms with E-state index >= 15 is 0 Å². The van der Waals surface area contributed by atoms with E-state index in [0.29, 0.717) is 5.69 Å². The van der Waals surface area contributed by atoms with E-state index in [1.54, 1.807) is 11.3 Å². The van der Waals surface area contributed by atoms with Crippen molar-refractivity contribution in [3.8, 4) is 0 Å². The van der Waals surface area contributed by atoms with Crippen LogP contribution < -0.4 is 0 Å². The molecule has 0 radical (unpaired) electrons. The first kappa shape index (κ1) is 15.5. The highest BCUT2D eigenvalue weighted by atomic mass is 35.5. The van der Waals surface area contributed by atoms with Gasteiger partial charge in [-0.3, -0.25) is 4.79 Å². The van der Waals surface area contributed by atoms with E-state index in [-0.39, 0.29) is 11.8 Å². The van der Waals surface area contributed by atoms with Gasteiger partial charge >= 0.3 is 5.97 Å². The van der Waals surface area contributed by atoms with Gasteiger partial charge in [0, 0.05) is 15.8 Å². The summed E-state index contributed by atoms with van der Waals surface area (Å²) in [4.78, 5) is 15.5. The normalized spacial score (nSPS) is 17.3. The van der Waals surface area contributed by atoms with E-state index in [1.165, 1.54) is 24.8 Å². The molecular weight excluding hydrogens is 318 g/mol. The largest absolute Gasteiger partial charge is 0.481 e. The minimum Gasteiger partial charge on any atom is -0.481 e. The highest BCUT2D eigenvalue weighted by Crippen LogP contribution is 2.46. The van der Waals surface area contributed by atoms with Crippen LogP contribution in [-0.2, 0) is 16.6 Å². The second kappa shape index (κ2) is 6.39. The van der Waals surface area contributed by atoms with Gasteiger partial charge in [-0.1, -0.05) is 43.0 Å². The molecule has 1 aromatic heterocycles. The van der Waals surface area contributed by atoms with E-state index in [9.17, 15) is 4.79 Å². The van der Waals surface area contributed by atoms with Crippen LogP contribution in [0.25, 0.3) is 0 Å². The Balaban J connectivity index is 2.02. The molecule has 1 aliphatic carbocycles. The Hall–Kier alpha value is -1.39. The first-order valence-electron chi connectivity index (χ1n) is 7.53. The summed E-state index contributed by atoms with van der Waals surface area (Å²) in [5, 5.41) is 12.6. The molecule has 0 spiro atoms. The van der Waals surface area contributed by atoms with Gasteiger partial charge in [-0.25, -0.2) is 4.98 Å². The Morgan fingerprint density at radius 2 is 2.09 bits per heavy atom. The van der Waals surface area contributed by atoms with Gasteiger partial charge in [-0.2, -0.15) is 0 Å². The number of aromatic nitrogens is 1. The monoisotopic (exact) mass is 335 g/mol. The smallest absolute Gasteiger partial charge is 0.309 e. The number of halogens is 1. The lowest BCUT2D eigenvalue weighted by atomic mass is 9.70. The summed E-state index contributed by atoms with van der Waals surface area (Å²) in [5.74, 6) is -0.836. The van der Waals surface area contributed by atoms with Crippen molar-refractivity contribution in [3.63, 3.8) is 0 Å². The Labute approximate surface area is 139 Å². The zero-order valence-corrected chi connectivity index (χ0v) is 13.8. The number of hydrogen-bond donors (Lipinski definition) is 1. The zero-order valence-electron chi connectivity index (χ0n) is 12.2. The van der Waals surface area contributed by atoms with Gasteiger partial charge in [-0.15, -0.1) is 11.3 Å². The minimum absolute atomic E-state index is 0.0118. The highest BCUT2D eigenvalue weighted by Gasteiger charge is 2.38. The van der Waals surface area contributed by atoms with Crippen LogP contribution in [-0.4, -0.2) is 16.1 Å². The molecule has 0 aliphatic heterocycles. The second-order valence-electron chi connectivity index (χ2n) is 5.87. The SMILES string of the molecule is O=C(O)Cc1csc(C2(c3cccc(Cl)c3)CCCCC2)n1. The molecule has 1 heterocycles. The molecule has 0 amide bonds. The van der Waals surface area contributed by atoms with Crippen LogP contribution in [0.15, 0.2) is 29.6 Å². The van der Waals surface area contributed by atoms with E-state index in [2.05, 4.69) is 11.1 Å². The molecule has 5 heteroatoms. The number of carboxylic acid groups (broad SMARTS) is 1. The van der Waals surface area contributed by atoms with E-state index < -0.39 is 5.97 Å². The van der Waals surface area contributed by atoms with Gasteiger partial charge in [0.05, 0.1) is 12.1 Å². The summed E-state index contributed by atoms with van der Waals surface area (Å²) in [5.41, 5.74) is 1.75. The number of carbonyl (C=O) groups is 1. The molecule has 1 fully saturated rings. The van der Waals surface area contributed by atoms with Crippen LogP contribution in [0.3, 0.4) is 0 Å². The summed E-state index contributed by atoms with van der Waals surface area (Å²) in [6.07, 6.45) is 5.67. The van der Waals surface area contributed by atoms with Crippen molar-refractivity contribution in [2.24, 2.45) is 0 Å². The molecular formula is C17H18ClNO2S. The lowest BCUT2D eigenvalue weighted by molar-refractivity contribution is -0.136. The Bertz CT molecular complexity index is 677. The van der Waals surface area contributed by atoms with Crippen molar-refractivity contribution >= 4 is 28.9 Å². The van der Waals surface area contributed by atoms with Gasteiger partial charge in [0.1, 0.15) is 5.01 Å². The quantitative estimate of drug-likeness (QED) is 0.883. The molecule has 2 aromatic rings. The van der Waals surface area contributed by atoms with Crippen molar-refractivity contribution in [1.82, 2.24) is 4.98 Å². The number of hydrogen-bond acceptors (Lipinski definition) is 3. The van der Waals surface area contributed by atoms with E-state index in [1.807, 2.05) is 23.6 Å². The molecule has 1 aromatic carbocycles. The van der Waals surface area contributed by atoms with Gasteiger partial charge in [-0.05, 0) is 30.5 Å². The van der Waals surface area contributed by atoms with E-state index in [4.69, 9.17) is 16.7 Å². The summed E-state index contributed by atoms with van der Waals surface area (Å²) >= 11 is 7.77. The fraction of sp³-hybridized carbons (Fsp3) is 0.412. The average Bonchev–Trinajstić information content (AvgIpc) is 2.96. The van der Waals surface area contributed by atoms with Gasteiger partial charge in [0.25, 0.3) is 0 Å². The van der Waals surface area contributed by atoms with Crippen molar-refractivity contribution in [2.45, 2.75) is 43.9 Å². The van der Waals surface area contributed by atoms with Crippen LogP contribution in [0, 0.1) is 0 Å². The third kappa shape index (κ3) is 3.03. The molecule has 0 unspecified atom stereocenters. The number of nitrogens with zero attached hydrogens (tertiary/aromatic N) is 1. The van der Waals surface area contributed by atoms with Crippen LogP contribution in [0.4, 0.5) is 0 Å². The molecule has 1 N–H and O–H groups in total. The molecule has 0 bridgehead atoms. The predicted molar refractivity (Wildman–Crippen MR) is 88.8 cm³/mol. The molecule has 0 atom stereocenters. The number of aliphatic carboxylic acids is 1. The first-order chi connectivity index (χ1) is 10.6. The standard InChI is InChI=1S/C17H18ClNO2S/c18-13-6-4-5-12(9-13)17(7-2-1-3-8-17)16-19-14(11-22-16)10-15(20)21/h4-6,9,11H,1-3,7-8,10H2,(H,20,21). The van der Waals surface area contributed by atoms with Gasteiger partial charge in [0.2, 0.25) is 0 Å². The maximum Gasteiger partial charge on any atom is 0.309 e. The first-order valence-corrected chi connectivity index (χ1v) is 8.79. The maximum atomic E-state index is 10.9. The van der Waals surface area contributed by atoms with Crippen molar-refractivity contribution < 1.29 is 9.90 Å². The molecule has 3 rings (SSSR count). The van der Waals surface area contributed by atoms with Gasteiger partial charge in [0.15, 0.2) is 0 Å². The van der Waals surface area contributed by atoms with Crippen LogP contribution >= 0.6 is 22.9 Å². The number of benzene rings is 1. The summed E-state index contributed by atoms with van der Waals surface area (Å²) in [7, 11) is 0.